The van der Waals surface area contributed by atoms with E-state index in [1.54, 1.807) is 12.4 Å². The summed E-state index contributed by atoms with van der Waals surface area (Å²) in [4.78, 5) is 3.97. The molecule has 1 aromatic heterocycles. The molecule has 15 heavy (non-hydrogen) atoms. The van der Waals surface area contributed by atoms with Gasteiger partial charge in [0.2, 0.25) is 0 Å². The van der Waals surface area contributed by atoms with Crippen LogP contribution in [0.15, 0.2) is 24.5 Å². The van der Waals surface area contributed by atoms with Crippen LogP contribution in [-0.4, -0.2) is 17.6 Å². The molecule has 1 saturated heterocycles. The van der Waals surface area contributed by atoms with Crippen LogP contribution in [-0.2, 0) is 4.74 Å². The van der Waals surface area contributed by atoms with Gasteiger partial charge < -0.3 is 10.5 Å². The van der Waals surface area contributed by atoms with Crippen LogP contribution in [0.2, 0.25) is 0 Å². The Morgan fingerprint density at radius 2 is 1.93 bits per heavy atom. The highest BCUT2D eigenvalue weighted by Gasteiger charge is 2.23. The summed E-state index contributed by atoms with van der Waals surface area (Å²) in [7, 11) is 0. The number of hydrogen-bond acceptors (Lipinski definition) is 3. The summed E-state index contributed by atoms with van der Waals surface area (Å²) in [6, 6.07) is 4.07. The van der Waals surface area contributed by atoms with E-state index in [1.165, 1.54) is 0 Å². The zero-order valence-corrected chi connectivity index (χ0v) is 9.97. The van der Waals surface area contributed by atoms with Crippen molar-refractivity contribution in [2.75, 3.05) is 6.61 Å². The van der Waals surface area contributed by atoms with Gasteiger partial charge in [0.05, 0.1) is 6.10 Å². The molecule has 0 bridgehead atoms. The third-order valence-electron chi connectivity index (χ3n) is 2.40. The SMILES string of the molecule is Cl.Cl.N[C@H]1CCCO[C@@H]1c1ccncc1. The van der Waals surface area contributed by atoms with Crippen molar-refractivity contribution in [3.8, 4) is 0 Å². The van der Waals surface area contributed by atoms with Crippen molar-refractivity contribution in [1.29, 1.82) is 0 Å². The molecular formula is C10H16Cl2N2O. The van der Waals surface area contributed by atoms with E-state index >= 15 is 0 Å². The minimum absolute atomic E-state index is 0. The van der Waals surface area contributed by atoms with Crippen LogP contribution in [0.4, 0.5) is 0 Å². The number of aromatic nitrogens is 1. The van der Waals surface area contributed by atoms with Crippen LogP contribution >= 0.6 is 24.8 Å². The van der Waals surface area contributed by atoms with E-state index < -0.39 is 0 Å². The van der Waals surface area contributed by atoms with Gasteiger partial charge in [-0.1, -0.05) is 0 Å². The lowest BCUT2D eigenvalue weighted by Gasteiger charge is -2.29. The minimum Gasteiger partial charge on any atom is -0.372 e. The molecule has 2 heterocycles. The predicted molar refractivity (Wildman–Crippen MR) is 64.6 cm³/mol. The normalized spacial score (nSPS) is 24.9. The molecule has 1 fully saturated rings. The fraction of sp³-hybridized carbons (Fsp3) is 0.500. The topological polar surface area (TPSA) is 48.1 Å². The molecule has 1 aliphatic heterocycles. The third-order valence-corrected chi connectivity index (χ3v) is 2.40. The second-order valence-electron chi connectivity index (χ2n) is 3.38. The first-order valence-corrected chi connectivity index (χ1v) is 4.65. The average Bonchev–Trinajstić information content (AvgIpc) is 2.20. The van der Waals surface area contributed by atoms with Gasteiger partial charge in [-0.05, 0) is 30.5 Å². The van der Waals surface area contributed by atoms with Gasteiger partial charge >= 0.3 is 0 Å². The van der Waals surface area contributed by atoms with Crippen molar-refractivity contribution < 1.29 is 4.74 Å². The van der Waals surface area contributed by atoms with Crippen molar-refractivity contribution in [3.05, 3.63) is 30.1 Å². The molecule has 0 unspecified atom stereocenters. The van der Waals surface area contributed by atoms with Gasteiger partial charge in [0.1, 0.15) is 0 Å². The number of nitrogens with two attached hydrogens (primary N) is 1. The Balaban J connectivity index is 0.000000980. The summed E-state index contributed by atoms with van der Waals surface area (Å²) in [5, 5.41) is 0. The molecule has 2 rings (SSSR count). The van der Waals surface area contributed by atoms with Gasteiger partial charge in [0, 0.05) is 25.0 Å². The van der Waals surface area contributed by atoms with E-state index in [-0.39, 0.29) is 37.0 Å². The van der Waals surface area contributed by atoms with Gasteiger partial charge in [-0.25, -0.2) is 0 Å². The van der Waals surface area contributed by atoms with E-state index in [4.69, 9.17) is 10.5 Å². The van der Waals surface area contributed by atoms with Crippen LogP contribution < -0.4 is 5.73 Å². The molecule has 0 aliphatic carbocycles. The molecule has 1 aromatic rings. The fourth-order valence-corrected chi connectivity index (χ4v) is 1.70. The van der Waals surface area contributed by atoms with Gasteiger partial charge in [-0.15, -0.1) is 24.8 Å². The van der Waals surface area contributed by atoms with Crippen molar-refractivity contribution in [1.82, 2.24) is 4.98 Å². The second kappa shape index (κ2) is 7.01. The van der Waals surface area contributed by atoms with Crippen LogP contribution in [0.5, 0.6) is 0 Å². The van der Waals surface area contributed by atoms with Crippen molar-refractivity contribution in [2.45, 2.75) is 25.0 Å². The lowest BCUT2D eigenvalue weighted by Crippen LogP contribution is -2.34. The zero-order chi connectivity index (χ0) is 9.10. The molecule has 3 nitrogen and oxygen atoms in total. The quantitative estimate of drug-likeness (QED) is 0.831. The lowest BCUT2D eigenvalue weighted by atomic mass is 9.98. The molecule has 86 valence electrons. The maximum atomic E-state index is 5.97. The smallest absolute Gasteiger partial charge is 0.0976 e. The minimum atomic E-state index is 0. The highest BCUT2D eigenvalue weighted by molar-refractivity contribution is 5.85. The predicted octanol–water partition coefficient (Wildman–Crippen LogP) is 2.10. The summed E-state index contributed by atoms with van der Waals surface area (Å²) in [5.74, 6) is 0. The first-order valence-electron chi connectivity index (χ1n) is 4.65. The number of rotatable bonds is 1. The van der Waals surface area contributed by atoms with E-state index in [1.807, 2.05) is 12.1 Å². The Hall–Kier alpha value is -0.350. The number of nitrogens with zero attached hydrogens (tertiary/aromatic N) is 1. The maximum Gasteiger partial charge on any atom is 0.0976 e. The maximum absolute atomic E-state index is 5.97. The highest BCUT2D eigenvalue weighted by atomic mass is 35.5. The largest absolute Gasteiger partial charge is 0.372 e. The van der Waals surface area contributed by atoms with E-state index in [9.17, 15) is 0 Å². The summed E-state index contributed by atoms with van der Waals surface area (Å²) in [5.41, 5.74) is 7.11. The van der Waals surface area contributed by atoms with E-state index in [0.717, 1.165) is 25.0 Å². The van der Waals surface area contributed by atoms with Crippen molar-refractivity contribution in [2.24, 2.45) is 5.73 Å². The zero-order valence-electron chi connectivity index (χ0n) is 8.33. The second-order valence-corrected chi connectivity index (χ2v) is 3.38. The lowest BCUT2D eigenvalue weighted by molar-refractivity contribution is 0.000101. The molecule has 0 aromatic carbocycles. The van der Waals surface area contributed by atoms with Crippen LogP contribution in [0.25, 0.3) is 0 Å². The Morgan fingerprint density at radius 3 is 2.53 bits per heavy atom. The van der Waals surface area contributed by atoms with Crippen LogP contribution in [0.1, 0.15) is 24.5 Å². The summed E-state index contributed by atoms with van der Waals surface area (Å²) < 4.78 is 5.62. The van der Waals surface area contributed by atoms with Gasteiger partial charge in [0.25, 0.3) is 0 Å². The number of ether oxygens (including phenoxy) is 1. The Morgan fingerprint density at radius 1 is 1.27 bits per heavy atom. The molecule has 1 aliphatic rings. The number of halogens is 2. The summed E-state index contributed by atoms with van der Waals surface area (Å²) in [6.45, 7) is 0.820. The van der Waals surface area contributed by atoms with Crippen LogP contribution in [0, 0.1) is 0 Å². The monoisotopic (exact) mass is 250 g/mol. The van der Waals surface area contributed by atoms with E-state index in [2.05, 4.69) is 4.98 Å². The molecule has 2 N–H and O–H groups in total. The standard InChI is InChI=1S/C10H14N2O.2ClH/c11-9-2-1-7-13-10(9)8-3-5-12-6-4-8;;/h3-6,9-10H,1-2,7,11H2;2*1H/t9-,10+;;/m0../s1. The summed E-state index contributed by atoms with van der Waals surface area (Å²) in [6.07, 6.45) is 5.74. The van der Waals surface area contributed by atoms with Crippen molar-refractivity contribution >= 4 is 24.8 Å². The molecule has 0 amide bonds. The highest BCUT2D eigenvalue weighted by Crippen LogP contribution is 2.26. The van der Waals surface area contributed by atoms with E-state index in [0.29, 0.717) is 0 Å². The Labute approximate surface area is 102 Å². The van der Waals surface area contributed by atoms with Crippen molar-refractivity contribution in [3.63, 3.8) is 0 Å². The first kappa shape index (κ1) is 14.6. The van der Waals surface area contributed by atoms with Gasteiger partial charge in [-0.2, -0.15) is 0 Å². The molecular weight excluding hydrogens is 235 g/mol. The fourth-order valence-electron chi connectivity index (χ4n) is 1.70. The molecule has 0 spiro atoms. The molecule has 0 saturated carbocycles. The first-order chi connectivity index (χ1) is 6.38. The number of hydrogen-bond donors (Lipinski definition) is 1. The molecule has 0 radical (unpaired) electrons. The van der Waals surface area contributed by atoms with Crippen LogP contribution in [0.3, 0.4) is 0 Å². The molecule has 5 heteroatoms. The Bertz CT molecular complexity index is 271. The third kappa shape index (κ3) is 3.61. The molecule has 2 atom stereocenters. The summed E-state index contributed by atoms with van der Waals surface area (Å²) >= 11 is 0. The van der Waals surface area contributed by atoms with Gasteiger partial charge in [-0.3, -0.25) is 4.98 Å². The number of pyridine rings is 1. The Kier molecular flexibility index (Phi) is 6.85. The average molecular weight is 251 g/mol. The van der Waals surface area contributed by atoms with Gasteiger partial charge in [0.15, 0.2) is 0 Å².